The van der Waals surface area contributed by atoms with E-state index >= 15 is 0 Å². The Morgan fingerprint density at radius 2 is 2.00 bits per heavy atom. The summed E-state index contributed by atoms with van der Waals surface area (Å²) in [6, 6.07) is 9.65. The molecule has 3 rings (SSSR count). The average molecular weight is 419 g/mol. The number of hydrogen-bond donors (Lipinski definition) is 2. The lowest BCUT2D eigenvalue weighted by atomic mass is 10.1. The second-order valence-corrected chi connectivity index (χ2v) is 8.64. The molecule has 146 valence electrons. The second-order valence-electron chi connectivity index (χ2n) is 6.24. The number of nitrogens with zero attached hydrogens (tertiary/aromatic N) is 2. The van der Waals surface area contributed by atoms with Crippen LogP contribution in [0.15, 0.2) is 41.1 Å². The molecule has 1 aliphatic rings. The Bertz CT molecular complexity index is 1010. The van der Waals surface area contributed by atoms with Gasteiger partial charge in [0.05, 0.1) is 23.4 Å². The van der Waals surface area contributed by atoms with E-state index in [1.165, 1.54) is 23.5 Å². The molecular formula is C18H18N4O4S2. The fourth-order valence-electron chi connectivity index (χ4n) is 2.93. The predicted molar refractivity (Wildman–Crippen MR) is 104 cm³/mol. The van der Waals surface area contributed by atoms with Crippen molar-refractivity contribution in [2.45, 2.75) is 25.4 Å². The molecule has 0 radical (unpaired) electrons. The van der Waals surface area contributed by atoms with Crippen molar-refractivity contribution in [1.29, 1.82) is 5.26 Å². The number of amides is 2. The first kappa shape index (κ1) is 20.0. The van der Waals surface area contributed by atoms with Gasteiger partial charge in [-0.05, 0) is 48.9 Å². The number of nitriles is 1. The summed E-state index contributed by atoms with van der Waals surface area (Å²) >= 11 is 1.29. The normalized spacial score (nSPS) is 17.5. The number of benzene rings is 1. The van der Waals surface area contributed by atoms with E-state index in [1.54, 1.807) is 29.0 Å². The maximum atomic E-state index is 12.7. The van der Waals surface area contributed by atoms with Crippen LogP contribution in [0.2, 0.25) is 0 Å². The molecule has 2 amide bonds. The largest absolute Gasteiger partial charge is 0.335 e. The van der Waals surface area contributed by atoms with E-state index in [1.807, 2.05) is 6.07 Å². The van der Waals surface area contributed by atoms with Crippen LogP contribution in [0.4, 0.5) is 0 Å². The van der Waals surface area contributed by atoms with E-state index < -0.39 is 28.2 Å². The molecule has 1 atom stereocenters. The molecule has 28 heavy (non-hydrogen) atoms. The minimum atomic E-state index is -4.13. The summed E-state index contributed by atoms with van der Waals surface area (Å²) in [4.78, 5) is 24.7. The molecule has 2 heterocycles. The first-order chi connectivity index (χ1) is 13.4. The zero-order chi connectivity index (χ0) is 20.1. The third-order valence-electron chi connectivity index (χ3n) is 4.32. The number of carbonyl (C=O) groups is 2. The van der Waals surface area contributed by atoms with Crippen LogP contribution >= 0.6 is 11.3 Å². The van der Waals surface area contributed by atoms with Gasteiger partial charge in [0.1, 0.15) is 0 Å². The van der Waals surface area contributed by atoms with Gasteiger partial charge in [-0.2, -0.15) is 29.3 Å². The van der Waals surface area contributed by atoms with Crippen molar-refractivity contribution >= 4 is 33.4 Å². The molecule has 10 heteroatoms. The minimum absolute atomic E-state index is 0.190. The van der Waals surface area contributed by atoms with E-state index in [0.29, 0.717) is 18.4 Å². The molecule has 1 aliphatic heterocycles. The van der Waals surface area contributed by atoms with Crippen molar-refractivity contribution in [2.75, 3.05) is 6.54 Å². The van der Waals surface area contributed by atoms with Gasteiger partial charge in [0.2, 0.25) is 0 Å². The fraction of sp³-hybridized carbons (Fsp3) is 0.278. The number of carbonyl (C=O) groups excluding carboxylic acids is 2. The van der Waals surface area contributed by atoms with E-state index in [2.05, 4.69) is 10.0 Å². The van der Waals surface area contributed by atoms with Gasteiger partial charge in [0.15, 0.2) is 0 Å². The van der Waals surface area contributed by atoms with Gasteiger partial charge in [-0.1, -0.05) is 6.07 Å². The molecule has 0 saturated carbocycles. The standard InChI is InChI=1S/C18H18N4O4S2/c19-11-13-4-3-5-14(10-13)17(23)20-16-6-1-2-8-22(16)28(25,26)21-18(24)15-7-9-27-12-15/h3-5,7,9-10,12,16H,1-2,6,8H2,(H,20,23)(H,21,24). The summed E-state index contributed by atoms with van der Waals surface area (Å²) in [5.41, 5.74) is 0.868. The van der Waals surface area contributed by atoms with E-state index in [0.717, 1.165) is 10.7 Å². The maximum absolute atomic E-state index is 12.7. The summed E-state index contributed by atoms with van der Waals surface area (Å²) in [6.45, 7) is 0.190. The second kappa shape index (κ2) is 8.52. The van der Waals surface area contributed by atoms with Crippen LogP contribution in [0.1, 0.15) is 45.5 Å². The highest BCUT2D eigenvalue weighted by Gasteiger charge is 2.34. The number of nitrogens with one attached hydrogen (secondary N) is 2. The van der Waals surface area contributed by atoms with Gasteiger partial charge in [-0.25, -0.2) is 4.72 Å². The highest BCUT2D eigenvalue weighted by Crippen LogP contribution is 2.19. The van der Waals surface area contributed by atoms with Crippen LogP contribution in [0.5, 0.6) is 0 Å². The SMILES string of the molecule is N#Cc1cccc(C(=O)NC2CCCCN2S(=O)(=O)NC(=O)c2ccsc2)c1. The molecule has 2 aromatic rings. The van der Waals surface area contributed by atoms with E-state index in [9.17, 15) is 18.0 Å². The Morgan fingerprint density at radius 1 is 1.18 bits per heavy atom. The van der Waals surface area contributed by atoms with Gasteiger partial charge in [-0.15, -0.1) is 0 Å². The molecule has 1 aromatic carbocycles. The third kappa shape index (κ3) is 4.56. The topological polar surface area (TPSA) is 119 Å². The summed E-state index contributed by atoms with van der Waals surface area (Å²) in [5, 5.41) is 14.9. The first-order valence-electron chi connectivity index (χ1n) is 8.58. The quantitative estimate of drug-likeness (QED) is 0.768. The van der Waals surface area contributed by atoms with Crippen molar-refractivity contribution in [1.82, 2.24) is 14.3 Å². The molecule has 0 bridgehead atoms. The number of hydrogen-bond acceptors (Lipinski definition) is 6. The van der Waals surface area contributed by atoms with Gasteiger partial charge in [0, 0.05) is 17.5 Å². The monoisotopic (exact) mass is 418 g/mol. The highest BCUT2D eigenvalue weighted by atomic mass is 32.2. The van der Waals surface area contributed by atoms with Crippen LogP contribution in [0.3, 0.4) is 0 Å². The Morgan fingerprint density at radius 3 is 2.71 bits per heavy atom. The Labute approximate surface area is 167 Å². The minimum Gasteiger partial charge on any atom is -0.335 e. The number of rotatable bonds is 5. The van der Waals surface area contributed by atoms with Crippen molar-refractivity contribution < 1.29 is 18.0 Å². The third-order valence-corrected chi connectivity index (χ3v) is 6.50. The zero-order valence-corrected chi connectivity index (χ0v) is 16.4. The lowest BCUT2D eigenvalue weighted by Crippen LogP contribution is -2.56. The zero-order valence-electron chi connectivity index (χ0n) is 14.8. The van der Waals surface area contributed by atoms with Crippen LogP contribution in [-0.4, -0.2) is 37.2 Å². The summed E-state index contributed by atoms with van der Waals surface area (Å²) in [6.07, 6.45) is 1.02. The van der Waals surface area contributed by atoms with Crippen molar-refractivity contribution in [2.24, 2.45) is 0 Å². The summed E-state index contributed by atoms with van der Waals surface area (Å²) < 4.78 is 28.6. The molecule has 1 aromatic heterocycles. The Kier molecular flexibility index (Phi) is 6.08. The van der Waals surface area contributed by atoms with Gasteiger partial charge in [-0.3, -0.25) is 9.59 Å². The molecule has 0 spiro atoms. The average Bonchev–Trinajstić information content (AvgIpc) is 3.23. The molecule has 1 unspecified atom stereocenters. The highest BCUT2D eigenvalue weighted by molar-refractivity contribution is 7.87. The van der Waals surface area contributed by atoms with Crippen LogP contribution in [-0.2, 0) is 10.2 Å². The molecule has 1 fully saturated rings. The predicted octanol–water partition coefficient (Wildman–Crippen LogP) is 1.84. The van der Waals surface area contributed by atoms with Crippen molar-refractivity contribution in [3.8, 4) is 6.07 Å². The molecule has 2 N–H and O–H groups in total. The lowest BCUT2D eigenvalue weighted by molar-refractivity contribution is 0.0882. The molecular weight excluding hydrogens is 400 g/mol. The van der Waals surface area contributed by atoms with Gasteiger partial charge in [0.25, 0.3) is 11.8 Å². The number of piperidine rings is 1. The number of thiophene rings is 1. The van der Waals surface area contributed by atoms with E-state index in [-0.39, 0.29) is 17.7 Å². The first-order valence-corrected chi connectivity index (χ1v) is 11.0. The fourth-order valence-corrected chi connectivity index (χ4v) is 4.90. The Balaban J connectivity index is 1.75. The Hall–Kier alpha value is -2.74. The molecule has 0 aliphatic carbocycles. The lowest BCUT2D eigenvalue weighted by Gasteiger charge is -2.34. The summed E-state index contributed by atoms with van der Waals surface area (Å²) in [5.74, 6) is -1.19. The van der Waals surface area contributed by atoms with E-state index in [4.69, 9.17) is 5.26 Å². The van der Waals surface area contributed by atoms with Crippen LogP contribution in [0.25, 0.3) is 0 Å². The molecule has 1 saturated heterocycles. The summed E-state index contributed by atoms with van der Waals surface area (Å²) in [7, 11) is -4.13. The smallest absolute Gasteiger partial charge is 0.305 e. The van der Waals surface area contributed by atoms with Crippen LogP contribution in [0, 0.1) is 11.3 Å². The van der Waals surface area contributed by atoms with Crippen molar-refractivity contribution in [3.63, 3.8) is 0 Å². The van der Waals surface area contributed by atoms with Gasteiger partial charge < -0.3 is 5.32 Å². The molecule has 8 nitrogen and oxygen atoms in total. The van der Waals surface area contributed by atoms with Gasteiger partial charge >= 0.3 is 10.2 Å². The van der Waals surface area contributed by atoms with Crippen molar-refractivity contribution in [3.05, 3.63) is 57.8 Å². The van der Waals surface area contributed by atoms with Crippen LogP contribution < -0.4 is 10.0 Å². The maximum Gasteiger partial charge on any atom is 0.305 e.